The van der Waals surface area contributed by atoms with Crippen LogP contribution in [-0.2, 0) is 4.79 Å². The minimum absolute atomic E-state index is 0.356. The van der Waals surface area contributed by atoms with E-state index in [-0.39, 0.29) is 5.97 Å². The minimum Gasteiger partial charge on any atom is -0.425 e. The van der Waals surface area contributed by atoms with Crippen molar-refractivity contribution in [2.75, 3.05) is 0 Å². The molecule has 3 heteroatoms. The Morgan fingerprint density at radius 2 is 2.00 bits per heavy atom. The summed E-state index contributed by atoms with van der Waals surface area (Å²) in [6.07, 6.45) is 0. The van der Waals surface area contributed by atoms with Crippen molar-refractivity contribution in [3.8, 4) is 5.75 Å². The maximum absolute atomic E-state index is 10.7. The second-order valence-electron chi connectivity index (χ2n) is 2.91. The van der Waals surface area contributed by atoms with Crippen LogP contribution in [0.25, 0.3) is 0 Å². The molecule has 0 saturated carbocycles. The molecule has 2 nitrogen and oxygen atoms in total. The molecule has 1 aromatic carbocycles. The Hall–Kier alpha value is -1.02. The number of hydrogen-bond acceptors (Lipinski definition) is 2. The zero-order valence-corrected chi connectivity index (χ0v) is 8.61. The highest BCUT2D eigenvalue weighted by molar-refractivity contribution is 6.33. The van der Waals surface area contributed by atoms with Gasteiger partial charge in [-0.1, -0.05) is 17.7 Å². The van der Waals surface area contributed by atoms with Gasteiger partial charge in [0.1, 0.15) is 5.75 Å². The van der Waals surface area contributed by atoms with Crippen LogP contribution in [0.4, 0.5) is 0 Å². The van der Waals surface area contributed by atoms with Crippen LogP contribution in [0.3, 0.4) is 0 Å². The first-order valence-electron chi connectivity index (χ1n) is 3.96. The van der Waals surface area contributed by atoms with Gasteiger partial charge < -0.3 is 4.74 Å². The molecule has 0 saturated heterocycles. The summed E-state index contributed by atoms with van der Waals surface area (Å²) >= 11 is 5.97. The molecule has 70 valence electrons. The van der Waals surface area contributed by atoms with E-state index in [1.165, 1.54) is 6.92 Å². The van der Waals surface area contributed by atoms with Crippen LogP contribution in [-0.4, -0.2) is 5.97 Å². The first-order chi connectivity index (χ1) is 6.02. The zero-order chi connectivity index (χ0) is 10.0. The van der Waals surface area contributed by atoms with Gasteiger partial charge >= 0.3 is 5.97 Å². The molecule has 0 aliphatic carbocycles. The quantitative estimate of drug-likeness (QED) is 0.512. The zero-order valence-electron chi connectivity index (χ0n) is 7.85. The van der Waals surface area contributed by atoms with Crippen LogP contribution in [0, 0.1) is 13.8 Å². The summed E-state index contributed by atoms with van der Waals surface area (Å²) in [5.74, 6) is 0.0717. The van der Waals surface area contributed by atoms with Crippen molar-refractivity contribution in [3.05, 3.63) is 28.3 Å². The molecule has 0 fully saturated rings. The molecule has 0 atom stereocenters. The Kier molecular flexibility index (Phi) is 2.94. The van der Waals surface area contributed by atoms with Crippen LogP contribution in [0.2, 0.25) is 5.02 Å². The van der Waals surface area contributed by atoms with Crippen LogP contribution >= 0.6 is 11.6 Å². The third-order valence-electron chi connectivity index (χ3n) is 1.88. The van der Waals surface area contributed by atoms with Crippen molar-refractivity contribution in [2.45, 2.75) is 20.8 Å². The molecule has 0 aliphatic rings. The highest BCUT2D eigenvalue weighted by Crippen LogP contribution is 2.29. The van der Waals surface area contributed by atoms with Crippen molar-refractivity contribution in [1.29, 1.82) is 0 Å². The molecule has 1 rings (SSSR count). The van der Waals surface area contributed by atoms with Crippen molar-refractivity contribution >= 4 is 17.6 Å². The van der Waals surface area contributed by atoms with E-state index in [2.05, 4.69) is 0 Å². The van der Waals surface area contributed by atoms with E-state index in [4.69, 9.17) is 16.3 Å². The van der Waals surface area contributed by atoms with Gasteiger partial charge in [-0.05, 0) is 31.0 Å². The fourth-order valence-corrected chi connectivity index (χ4v) is 1.24. The Bertz CT molecular complexity index is 345. The summed E-state index contributed by atoms with van der Waals surface area (Å²) in [5.41, 5.74) is 2.03. The highest BCUT2D eigenvalue weighted by atomic mass is 35.5. The van der Waals surface area contributed by atoms with Crippen molar-refractivity contribution in [1.82, 2.24) is 0 Å². The van der Waals surface area contributed by atoms with E-state index in [1.54, 1.807) is 6.07 Å². The number of esters is 1. The standard InChI is InChI=1S/C10H11ClO2/c1-6-4-5-9(13-8(3)12)10(11)7(6)2/h4-5H,1-3H3. The second kappa shape index (κ2) is 3.79. The number of halogens is 1. The van der Waals surface area contributed by atoms with E-state index in [0.717, 1.165) is 11.1 Å². The van der Waals surface area contributed by atoms with Gasteiger partial charge in [0.15, 0.2) is 0 Å². The van der Waals surface area contributed by atoms with Crippen molar-refractivity contribution < 1.29 is 9.53 Å². The lowest BCUT2D eigenvalue weighted by Crippen LogP contribution is -2.02. The van der Waals surface area contributed by atoms with E-state index >= 15 is 0 Å². The largest absolute Gasteiger partial charge is 0.425 e. The Labute approximate surface area is 82.5 Å². The molecular weight excluding hydrogens is 188 g/mol. The average Bonchev–Trinajstić information content (AvgIpc) is 2.06. The number of ether oxygens (including phenoxy) is 1. The van der Waals surface area contributed by atoms with Crippen LogP contribution < -0.4 is 4.74 Å². The molecular formula is C10H11ClO2. The maximum atomic E-state index is 10.7. The number of benzene rings is 1. The molecule has 0 unspecified atom stereocenters. The van der Waals surface area contributed by atoms with Gasteiger partial charge in [0, 0.05) is 6.92 Å². The lowest BCUT2D eigenvalue weighted by Gasteiger charge is -2.07. The second-order valence-corrected chi connectivity index (χ2v) is 3.29. The molecule has 0 aliphatic heterocycles. The third kappa shape index (κ3) is 2.22. The summed E-state index contributed by atoms with van der Waals surface area (Å²) < 4.78 is 4.91. The molecule has 0 bridgehead atoms. The number of carbonyl (C=O) groups excluding carboxylic acids is 1. The normalized spacial score (nSPS) is 9.85. The van der Waals surface area contributed by atoms with E-state index in [1.807, 2.05) is 19.9 Å². The first kappa shape index (κ1) is 10.1. The fourth-order valence-electron chi connectivity index (χ4n) is 0.990. The monoisotopic (exact) mass is 198 g/mol. The SMILES string of the molecule is CC(=O)Oc1ccc(C)c(C)c1Cl. The van der Waals surface area contributed by atoms with Gasteiger partial charge in [0.05, 0.1) is 5.02 Å². The Morgan fingerprint density at radius 3 is 2.54 bits per heavy atom. The van der Waals surface area contributed by atoms with Crippen LogP contribution in [0.5, 0.6) is 5.75 Å². The minimum atomic E-state index is -0.356. The number of hydrogen-bond donors (Lipinski definition) is 0. The summed E-state index contributed by atoms with van der Waals surface area (Å²) in [4.78, 5) is 10.7. The molecule has 13 heavy (non-hydrogen) atoms. The van der Waals surface area contributed by atoms with Gasteiger partial charge in [-0.25, -0.2) is 0 Å². The van der Waals surface area contributed by atoms with E-state index < -0.39 is 0 Å². The summed E-state index contributed by atoms with van der Waals surface area (Å²) in [5, 5.41) is 0.509. The first-order valence-corrected chi connectivity index (χ1v) is 4.34. The molecule has 0 heterocycles. The average molecular weight is 199 g/mol. The topological polar surface area (TPSA) is 26.3 Å². The van der Waals surface area contributed by atoms with E-state index in [9.17, 15) is 4.79 Å². The van der Waals surface area contributed by atoms with Gasteiger partial charge in [-0.15, -0.1) is 0 Å². The lowest BCUT2D eigenvalue weighted by molar-refractivity contribution is -0.131. The molecule has 1 aromatic rings. The van der Waals surface area contributed by atoms with Crippen molar-refractivity contribution in [3.63, 3.8) is 0 Å². The van der Waals surface area contributed by atoms with Crippen molar-refractivity contribution in [2.24, 2.45) is 0 Å². The van der Waals surface area contributed by atoms with Crippen LogP contribution in [0.1, 0.15) is 18.1 Å². The molecule has 0 aromatic heterocycles. The fraction of sp³-hybridized carbons (Fsp3) is 0.300. The van der Waals surface area contributed by atoms with Gasteiger partial charge in [0.2, 0.25) is 0 Å². The predicted octanol–water partition coefficient (Wildman–Crippen LogP) is 2.88. The molecule has 0 spiro atoms. The smallest absolute Gasteiger partial charge is 0.308 e. The Morgan fingerprint density at radius 1 is 1.38 bits per heavy atom. The third-order valence-corrected chi connectivity index (χ3v) is 2.35. The number of carbonyl (C=O) groups is 1. The number of rotatable bonds is 1. The number of aryl methyl sites for hydroxylation is 1. The maximum Gasteiger partial charge on any atom is 0.308 e. The summed E-state index contributed by atoms with van der Waals surface area (Å²) in [6, 6.07) is 3.57. The Balaban J connectivity index is 3.10. The summed E-state index contributed by atoms with van der Waals surface area (Å²) in [7, 11) is 0. The predicted molar refractivity (Wildman–Crippen MR) is 52.2 cm³/mol. The van der Waals surface area contributed by atoms with Gasteiger partial charge in [-0.3, -0.25) is 4.79 Å². The van der Waals surface area contributed by atoms with Gasteiger partial charge in [-0.2, -0.15) is 0 Å². The van der Waals surface area contributed by atoms with Crippen LogP contribution in [0.15, 0.2) is 12.1 Å². The molecule has 0 amide bonds. The lowest BCUT2D eigenvalue weighted by atomic mass is 10.1. The molecule has 0 N–H and O–H groups in total. The van der Waals surface area contributed by atoms with Gasteiger partial charge in [0.25, 0.3) is 0 Å². The van der Waals surface area contributed by atoms with E-state index in [0.29, 0.717) is 10.8 Å². The molecule has 0 radical (unpaired) electrons. The highest BCUT2D eigenvalue weighted by Gasteiger charge is 2.07. The summed E-state index contributed by atoms with van der Waals surface area (Å²) in [6.45, 7) is 5.20.